The molecule has 1 rings (SSSR count). The number of carbonyl (C=O) groups excluding carboxylic acids is 1. The third kappa shape index (κ3) is 5.27. The van der Waals surface area contributed by atoms with Crippen LogP contribution in [0.1, 0.15) is 33.1 Å². The topological polar surface area (TPSA) is 84.6 Å². The van der Waals surface area contributed by atoms with Gasteiger partial charge in [0.2, 0.25) is 5.91 Å². The second kappa shape index (κ2) is 8.52. The maximum Gasteiger partial charge on any atom is 0.223 e. The van der Waals surface area contributed by atoms with Gasteiger partial charge in [0.15, 0.2) is 0 Å². The molecule has 0 spiro atoms. The number of carbonyl (C=O) groups is 1. The van der Waals surface area contributed by atoms with Crippen molar-refractivity contribution in [2.24, 2.45) is 5.41 Å². The predicted molar refractivity (Wildman–Crippen MR) is 84.1 cm³/mol. The monoisotopic (exact) mass is 294 g/mol. The van der Waals surface area contributed by atoms with Crippen molar-refractivity contribution in [1.82, 2.24) is 5.32 Å². The zero-order valence-corrected chi connectivity index (χ0v) is 12.9. The largest absolute Gasteiger partial charge is 0.491 e. The predicted octanol–water partition coefficient (Wildman–Crippen LogP) is 1.95. The molecule has 0 aromatic heterocycles. The SMILES string of the molecule is CCC(CC)(CO)CNC(=O)CCOc1ccccc1N. The Morgan fingerprint density at radius 1 is 1.33 bits per heavy atom. The molecule has 1 amide bonds. The minimum atomic E-state index is -0.222. The number of rotatable bonds is 9. The Morgan fingerprint density at radius 2 is 2.00 bits per heavy atom. The third-order valence-electron chi connectivity index (χ3n) is 4.00. The quantitative estimate of drug-likeness (QED) is 0.608. The van der Waals surface area contributed by atoms with E-state index in [1.807, 2.05) is 26.0 Å². The van der Waals surface area contributed by atoms with Crippen LogP contribution < -0.4 is 15.8 Å². The molecule has 21 heavy (non-hydrogen) atoms. The summed E-state index contributed by atoms with van der Waals surface area (Å²) in [6.45, 7) is 4.89. The van der Waals surface area contributed by atoms with Gasteiger partial charge in [-0.25, -0.2) is 0 Å². The number of nitrogen functional groups attached to an aromatic ring is 1. The Morgan fingerprint density at radius 3 is 2.57 bits per heavy atom. The van der Waals surface area contributed by atoms with Gasteiger partial charge in [0.25, 0.3) is 0 Å². The molecule has 0 saturated heterocycles. The average molecular weight is 294 g/mol. The van der Waals surface area contributed by atoms with E-state index in [2.05, 4.69) is 5.32 Å². The van der Waals surface area contributed by atoms with Crippen LogP contribution in [0.2, 0.25) is 0 Å². The first-order chi connectivity index (χ1) is 10.1. The standard InChI is InChI=1S/C16H26N2O3/c1-3-16(4-2,12-19)11-18-15(20)9-10-21-14-8-6-5-7-13(14)17/h5-8,19H,3-4,9-12,17H2,1-2H3,(H,18,20). The van der Waals surface area contributed by atoms with E-state index in [-0.39, 0.29) is 31.0 Å². The number of ether oxygens (including phenoxy) is 1. The number of nitrogens with one attached hydrogen (secondary N) is 1. The number of aliphatic hydroxyl groups excluding tert-OH is 1. The van der Waals surface area contributed by atoms with Crippen LogP contribution in [0.4, 0.5) is 5.69 Å². The molecular formula is C16H26N2O3. The number of hydrogen-bond acceptors (Lipinski definition) is 4. The van der Waals surface area contributed by atoms with Crippen LogP contribution in [0.15, 0.2) is 24.3 Å². The maximum absolute atomic E-state index is 11.8. The van der Waals surface area contributed by atoms with Gasteiger partial charge >= 0.3 is 0 Å². The molecule has 0 fully saturated rings. The van der Waals surface area contributed by atoms with Gasteiger partial charge in [0.1, 0.15) is 5.75 Å². The molecule has 4 N–H and O–H groups in total. The van der Waals surface area contributed by atoms with Gasteiger partial charge in [-0.2, -0.15) is 0 Å². The lowest BCUT2D eigenvalue weighted by molar-refractivity contribution is -0.122. The van der Waals surface area contributed by atoms with Crippen LogP contribution >= 0.6 is 0 Å². The summed E-state index contributed by atoms with van der Waals surface area (Å²) in [7, 11) is 0. The lowest BCUT2D eigenvalue weighted by Crippen LogP contribution is -2.39. The Labute approximate surface area is 126 Å². The molecule has 0 atom stereocenters. The van der Waals surface area contributed by atoms with Crippen LogP contribution in [0.25, 0.3) is 0 Å². The number of anilines is 1. The van der Waals surface area contributed by atoms with Gasteiger partial charge in [0.05, 0.1) is 25.3 Å². The van der Waals surface area contributed by atoms with E-state index >= 15 is 0 Å². The number of amides is 1. The molecule has 0 aliphatic carbocycles. The number of nitrogens with two attached hydrogens (primary N) is 1. The zero-order valence-electron chi connectivity index (χ0n) is 12.9. The van der Waals surface area contributed by atoms with Gasteiger partial charge in [-0.15, -0.1) is 0 Å². The Bertz CT molecular complexity index is 437. The smallest absolute Gasteiger partial charge is 0.223 e. The van der Waals surface area contributed by atoms with Crippen molar-refractivity contribution < 1.29 is 14.6 Å². The van der Waals surface area contributed by atoms with Crippen molar-refractivity contribution in [1.29, 1.82) is 0 Å². The molecule has 0 saturated carbocycles. The van der Waals surface area contributed by atoms with E-state index in [4.69, 9.17) is 10.5 Å². The summed E-state index contributed by atoms with van der Waals surface area (Å²) >= 11 is 0. The maximum atomic E-state index is 11.8. The fourth-order valence-electron chi connectivity index (χ4n) is 2.02. The van der Waals surface area contributed by atoms with Crippen LogP contribution in [0.3, 0.4) is 0 Å². The first-order valence-electron chi connectivity index (χ1n) is 7.41. The molecule has 0 aliphatic rings. The lowest BCUT2D eigenvalue weighted by Gasteiger charge is -2.29. The van der Waals surface area contributed by atoms with E-state index in [0.29, 0.717) is 18.0 Å². The molecule has 5 nitrogen and oxygen atoms in total. The van der Waals surface area contributed by atoms with Gasteiger partial charge in [0, 0.05) is 12.0 Å². The van der Waals surface area contributed by atoms with Crippen molar-refractivity contribution >= 4 is 11.6 Å². The van der Waals surface area contributed by atoms with Crippen molar-refractivity contribution in [2.75, 3.05) is 25.5 Å². The molecule has 1 aromatic carbocycles. The highest BCUT2D eigenvalue weighted by Crippen LogP contribution is 2.24. The summed E-state index contributed by atoms with van der Waals surface area (Å²) < 4.78 is 5.48. The average Bonchev–Trinajstić information content (AvgIpc) is 2.51. The summed E-state index contributed by atoms with van der Waals surface area (Å²) in [5, 5.41) is 12.3. The van der Waals surface area contributed by atoms with Crippen LogP contribution in [0, 0.1) is 5.41 Å². The van der Waals surface area contributed by atoms with Gasteiger partial charge in [-0.1, -0.05) is 26.0 Å². The molecule has 5 heteroatoms. The molecule has 1 aromatic rings. The van der Waals surface area contributed by atoms with Gasteiger partial charge < -0.3 is 20.9 Å². The van der Waals surface area contributed by atoms with Crippen molar-refractivity contribution in [3.05, 3.63) is 24.3 Å². The third-order valence-corrected chi connectivity index (χ3v) is 4.00. The molecular weight excluding hydrogens is 268 g/mol. The van der Waals surface area contributed by atoms with E-state index in [1.54, 1.807) is 12.1 Å². The molecule has 0 unspecified atom stereocenters. The number of hydrogen-bond donors (Lipinski definition) is 3. The summed E-state index contributed by atoms with van der Waals surface area (Å²) in [5.74, 6) is 0.515. The molecule has 0 radical (unpaired) electrons. The first-order valence-corrected chi connectivity index (χ1v) is 7.41. The summed E-state index contributed by atoms with van der Waals surface area (Å²) in [6.07, 6.45) is 1.93. The normalized spacial score (nSPS) is 11.2. The van der Waals surface area contributed by atoms with E-state index in [0.717, 1.165) is 12.8 Å². The van der Waals surface area contributed by atoms with E-state index in [9.17, 15) is 9.90 Å². The molecule has 0 bridgehead atoms. The van der Waals surface area contributed by atoms with Crippen molar-refractivity contribution in [3.63, 3.8) is 0 Å². The minimum absolute atomic E-state index is 0.0794. The van der Waals surface area contributed by atoms with E-state index < -0.39 is 0 Å². The van der Waals surface area contributed by atoms with Crippen LogP contribution in [-0.2, 0) is 4.79 Å². The van der Waals surface area contributed by atoms with Crippen LogP contribution in [0.5, 0.6) is 5.75 Å². The molecule has 0 aliphatic heterocycles. The summed E-state index contributed by atoms with van der Waals surface area (Å²) in [6, 6.07) is 7.20. The highest BCUT2D eigenvalue weighted by atomic mass is 16.5. The fourth-order valence-corrected chi connectivity index (χ4v) is 2.02. The second-order valence-corrected chi connectivity index (χ2v) is 5.28. The van der Waals surface area contributed by atoms with Gasteiger partial charge in [-0.3, -0.25) is 4.79 Å². The number of para-hydroxylation sites is 2. The minimum Gasteiger partial charge on any atom is -0.491 e. The zero-order chi connectivity index (χ0) is 15.7. The lowest BCUT2D eigenvalue weighted by atomic mass is 9.83. The second-order valence-electron chi connectivity index (χ2n) is 5.28. The Kier molecular flexibility index (Phi) is 7.02. The fraction of sp³-hybridized carbons (Fsp3) is 0.562. The van der Waals surface area contributed by atoms with Crippen molar-refractivity contribution in [2.45, 2.75) is 33.1 Å². The molecule has 118 valence electrons. The summed E-state index contributed by atoms with van der Waals surface area (Å²) in [4.78, 5) is 11.8. The molecule has 0 heterocycles. The van der Waals surface area contributed by atoms with E-state index in [1.165, 1.54) is 0 Å². The first kappa shape index (κ1) is 17.3. The van der Waals surface area contributed by atoms with Crippen molar-refractivity contribution in [3.8, 4) is 5.75 Å². The highest BCUT2D eigenvalue weighted by Gasteiger charge is 2.25. The number of aliphatic hydroxyl groups is 1. The highest BCUT2D eigenvalue weighted by molar-refractivity contribution is 5.76. The Hall–Kier alpha value is -1.75. The number of benzene rings is 1. The Balaban J connectivity index is 2.33. The van der Waals surface area contributed by atoms with Gasteiger partial charge in [-0.05, 0) is 25.0 Å². The van der Waals surface area contributed by atoms with Crippen LogP contribution in [-0.4, -0.2) is 30.8 Å². The summed E-state index contributed by atoms with van der Waals surface area (Å²) in [5.41, 5.74) is 6.10.